The first-order chi connectivity index (χ1) is 20.8. The lowest BCUT2D eigenvalue weighted by molar-refractivity contribution is -0.118. The van der Waals surface area contributed by atoms with Crippen molar-refractivity contribution in [2.24, 2.45) is 0 Å². The number of amides is 2. The molecule has 2 amide bonds. The normalized spacial score (nSPS) is 11.0. The zero-order valence-electron chi connectivity index (χ0n) is 24.7. The van der Waals surface area contributed by atoms with Crippen LogP contribution in [-0.4, -0.2) is 106 Å². The Morgan fingerprint density at radius 3 is 2.74 bits per heavy atom. The fourth-order valence-corrected chi connectivity index (χ4v) is 4.27. The molecule has 3 heterocycles. The van der Waals surface area contributed by atoms with E-state index < -0.39 is 11.8 Å². The number of rotatable bonds is 19. The van der Waals surface area contributed by atoms with Gasteiger partial charge in [-0.15, -0.1) is 11.8 Å². The van der Waals surface area contributed by atoms with E-state index in [0.29, 0.717) is 37.0 Å². The molecule has 16 heteroatoms. The summed E-state index contributed by atoms with van der Waals surface area (Å²) in [6, 6.07) is 3.58. The lowest BCUT2D eigenvalue weighted by Crippen LogP contribution is -2.26. The van der Waals surface area contributed by atoms with Crippen molar-refractivity contribution in [1.29, 1.82) is 0 Å². The van der Waals surface area contributed by atoms with Crippen LogP contribution in [-0.2, 0) is 20.9 Å². The summed E-state index contributed by atoms with van der Waals surface area (Å²) in [5.74, 6) is 1.20. The topological polar surface area (TPSA) is 185 Å². The monoisotopic (exact) mass is 617 g/mol. The molecule has 0 saturated carbocycles. The molecular weight excluding hydrogens is 578 g/mol. The smallest absolute Gasteiger partial charge is 0.412 e. The number of carbonyl (C=O) groups excluding carboxylic acids is 3. The molecule has 0 aliphatic rings. The van der Waals surface area contributed by atoms with Crippen molar-refractivity contribution in [3.63, 3.8) is 0 Å². The van der Waals surface area contributed by atoms with Crippen molar-refractivity contribution in [3.8, 4) is 5.88 Å². The molecular formula is C27H39N9O6S. The van der Waals surface area contributed by atoms with Gasteiger partial charge in [0.15, 0.2) is 11.5 Å². The summed E-state index contributed by atoms with van der Waals surface area (Å²) in [4.78, 5) is 65.6. The van der Waals surface area contributed by atoms with Crippen LogP contribution in [0.2, 0.25) is 0 Å². The number of aromatic amines is 1. The van der Waals surface area contributed by atoms with Gasteiger partial charge in [0.05, 0.1) is 12.3 Å². The minimum Gasteiger partial charge on any atom is -0.476 e. The van der Waals surface area contributed by atoms with Crippen molar-refractivity contribution in [3.05, 3.63) is 34.4 Å². The second kappa shape index (κ2) is 17.7. The van der Waals surface area contributed by atoms with Gasteiger partial charge in [-0.2, -0.15) is 9.97 Å². The van der Waals surface area contributed by atoms with Gasteiger partial charge in [-0.1, -0.05) is 19.4 Å². The van der Waals surface area contributed by atoms with E-state index in [9.17, 15) is 19.2 Å². The minimum atomic E-state index is -0.766. The summed E-state index contributed by atoms with van der Waals surface area (Å²) in [5.41, 5.74) is 0.879. The Morgan fingerprint density at radius 1 is 1.19 bits per heavy atom. The van der Waals surface area contributed by atoms with E-state index in [1.165, 1.54) is 16.3 Å². The largest absolute Gasteiger partial charge is 0.476 e. The fourth-order valence-electron chi connectivity index (χ4n) is 3.64. The van der Waals surface area contributed by atoms with Gasteiger partial charge in [0, 0.05) is 44.1 Å². The lowest BCUT2D eigenvalue weighted by atomic mass is 10.3. The van der Waals surface area contributed by atoms with Crippen LogP contribution in [0.3, 0.4) is 0 Å². The van der Waals surface area contributed by atoms with E-state index in [1.807, 2.05) is 25.1 Å². The number of hydrogen-bond acceptors (Lipinski definition) is 12. The number of likely N-dealkylation sites (N-methyl/N-ethyl adjacent to an activating group) is 1. The number of nitrogens with one attached hydrogen (secondary N) is 4. The Labute approximate surface area is 253 Å². The van der Waals surface area contributed by atoms with Crippen molar-refractivity contribution in [1.82, 2.24) is 34.7 Å². The number of anilines is 2. The quantitative estimate of drug-likeness (QED) is 0.113. The first-order valence-corrected chi connectivity index (χ1v) is 15.1. The van der Waals surface area contributed by atoms with Crippen LogP contribution >= 0.6 is 11.8 Å². The molecule has 0 atom stereocenters. The van der Waals surface area contributed by atoms with Crippen LogP contribution in [0.15, 0.2) is 23.1 Å². The maximum absolute atomic E-state index is 13.0. The molecule has 3 aromatic heterocycles. The molecule has 0 saturated heterocycles. The maximum Gasteiger partial charge on any atom is 0.412 e. The van der Waals surface area contributed by atoms with E-state index in [1.54, 1.807) is 12.3 Å². The van der Waals surface area contributed by atoms with E-state index in [0.717, 1.165) is 31.2 Å². The number of H-pyrrole nitrogens is 1. The van der Waals surface area contributed by atoms with Gasteiger partial charge < -0.3 is 34.8 Å². The second-order valence-corrected chi connectivity index (χ2v) is 10.8. The van der Waals surface area contributed by atoms with E-state index in [-0.39, 0.29) is 48.5 Å². The third kappa shape index (κ3) is 11.2. The highest BCUT2D eigenvalue weighted by Crippen LogP contribution is 2.21. The number of fused-ring (bicyclic) bond motifs is 1. The van der Waals surface area contributed by atoms with Gasteiger partial charge in [0.2, 0.25) is 17.7 Å². The van der Waals surface area contributed by atoms with Crippen LogP contribution < -0.4 is 26.4 Å². The highest BCUT2D eigenvalue weighted by atomic mass is 32.2. The molecule has 234 valence electrons. The van der Waals surface area contributed by atoms with Crippen molar-refractivity contribution in [2.45, 2.75) is 32.7 Å². The summed E-state index contributed by atoms with van der Waals surface area (Å²) >= 11 is 1.29. The zero-order chi connectivity index (χ0) is 31.0. The lowest BCUT2D eigenvalue weighted by Gasteiger charge is -2.11. The Balaban J connectivity index is 1.68. The Hall–Kier alpha value is -4.18. The standard InChI is InChI=1S/C27H39N9O6S/c1-4-5-9-29-25-32-23(33-27(40)42-14-15-43-18-20(38)28-10-6-12-37)22-24(34-25)36(26(39)31-22)17-19-7-8-21(30-16-19)41-13-11-35(2)3/h7-8,12,16H,4-6,9-11,13-15,17-18H2,1-3H3,(H,28,38)(H,31,39)(H2,29,32,33,34,40). The zero-order valence-corrected chi connectivity index (χ0v) is 25.5. The van der Waals surface area contributed by atoms with Crippen molar-refractivity contribution >= 4 is 53.0 Å². The van der Waals surface area contributed by atoms with Crippen LogP contribution in [0.4, 0.5) is 16.6 Å². The number of aldehydes is 1. The average Bonchev–Trinajstić information content (AvgIpc) is 3.28. The highest BCUT2D eigenvalue weighted by molar-refractivity contribution is 7.99. The number of imidazole rings is 1. The summed E-state index contributed by atoms with van der Waals surface area (Å²) in [6.45, 7) is 4.46. The molecule has 4 N–H and O–H groups in total. The van der Waals surface area contributed by atoms with Crippen LogP contribution in [0, 0.1) is 0 Å². The minimum absolute atomic E-state index is 0.0489. The number of hydrogen-bond donors (Lipinski definition) is 4. The predicted octanol–water partition coefficient (Wildman–Crippen LogP) is 1.70. The Morgan fingerprint density at radius 2 is 2.02 bits per heavy atom. The maximum atomic E-state index is 13.0. The fraction of sp³-hybridized carbons (Fsp3) is 0.519. The molecule has 0 fully saturated rings. The third-order valence-corrected chi connectivity index (χ3v) is 6.78. The van der Waals surface area contributed by atoms with Gasteiger partial charge in [0.1, 0.15) is 25.0 Å². The first kappa shape index (κ1) is 33.3. The number of thioether (sulfide) groups is 1. The number of ether oxygens (including phenoxy) is 2. The molecule has 0 spiro atoms. The van der Waals surface area contributed by atoms with E-state index in [2.05, 4.69) is 42.8 Å². The Bertz CT molecular complexity index is 1390. The second-order valence-electron chi connectivity index (χ2n) is 9.67. The number of unbranched alkanes of at least 4 members (excludes halogenated alkanes) is 1. The summed E-state index contributed by atoms with van der Waals surface area (Å²) in [6.07, 6.45) is 3.72. The average molecular weight is 618 g/mol. The van der Waals surface area contributed by atoms with Crippen LogP contribution in [0.25, 0.3) is 11.2 Å². The van der Waals surface area contributed by atoms with E-state index in [4.69, 9.17) is 9.47 Å². The molecule has 0 unspecified atom stereocenters. The van der Waals surface area contributed by atoms with Crippen LogP contribution in [0.5, 0.6) is 5.88 Å². The molecule has 3 aromatic rings. The molecule has 0 bridgehead atoms. The molecule has 0 radical (unpaired) electrons. The van der Waals surface area contributed by atoms with Crippen LogP contribution in [0.1, 0.15) is 31.7 Å². The van der Waals surface area contributed by atoms with Gasteiger partial charge >= 0.3 is 11.8 Å². The summed E-state index contributed by atoms with van der Waals surface area (Å²) in [7, 11) is 3.92. The number of pyridine rings is 1. The van der Waals surface area contributed by atoms with Gasteiger partial charge in [-0.25, -0.2) is 14.6 Å². The van der Waals surface area contributed by atoms with Crippen molar-refractivity contribution in [2.75, 3.05) is 69.1 Å². The van der Waals surface area contributed by atoms with Gasteiger partial charge in [-0.3, -0.25) is 14.7 Å². The third-order valence-electron chi connectivity index (χ3n) is 5.86. The summed E-state index contributed by atoms with van der Waals surface area (Å²) in [5, 5.41) is 8.36. The number of aromatic nitrogens is 5. The molecule has 0 aliphatic heterocycles. The van der Waals surface area contributed by atoms with E-state index >= 15 is 0 Å². The molecule has 3 rings (SSSR count). The molecule has 15 nitrogen and oxygen atoms in total. The van der Waals surface area contributed by atoms with Gasteiger partial charge in [0.25, 0.3) is 0 Å². The van der Waals surface area contributed by atoms with Gasteiger partial charge in [-0.05, 0) is 26.1 Å². The first-order valence-electron chi connectivity index (χ1n) is 14.0. The highest BCUT2D eigenvalue weighted by Gasteiger charge is 2.18. The van der Waals surface area contributed by atoms with Crippen molar-refractivity contribution < 1.29 is 23.9 Å². The molecule has 0 aliphatic carbocycles. The Kier molecular flexibility index (Phi) is 13.7. The molecule has 0 aromatic carbocycles. The number of nitrogens with zero attached hydrogens (tertiary/aromatic N) is 5. The SMILES string of the molecule is CCCCNc1nc(NC(=O)OCCSCC(=O)NCCC=O)c2[nH]c(=O)n(Cc3ccc(OCCN(C)C)nc3)c2n1. The summed E-state index contributed by atoms with van der Waals surface area (Å²) < 4.78 is 12.3. The predicted molar refractivity (Wildman–Crippen MR) is 165 cm³/mol. The molecule has 43 heavy (non-hydrogen) atoms. The number of carbonyl (C=O) groups is 3.